The summed E-state index contributed by atoms with van der Waals surface area (Å²) >= 11 is 0. The summed E-state index contributed by atoms with van der Waals surface area (Å²) in [6, 6.07) is 6.36. The van der Waals surface area contributed by atoms with E-state index in [9.17, 15) is 4.39 Å². The second-order valence-electron chi connectivity index (χ2n) is 4.16. The van der Waals surface area contributed by atoms with E-state index in [1.165, 1.54) is 16.9 Å². The third-order valence-electron chi connectivity index (χ3n) is 2.93. The predicted octanol–water partition coefficient (Wildman–Crippen LogP) is 1.87. The molecule has 0 bridgehead atoms. The van der Waals surface area contributed by atoms with Crippen molar-refractivity contribution < 1.29 is 4.39 Å². The van der Waals surface area contributed by atoms with Gasteiger partial charge in [0.2, 0.25) is 0 Å². The second-order valence-corrected chi connectivity index (χ2v) is 4.16. The monoisotopic (exact) mass is 266 g/mol. The molecule has 0 saturated heterocycles. The van der Waals surface area contributed by atoms with Crippen molar-refractivity contribution in [2.24, 2.45) is 0 Å². The second kappa shape index (κ2) is 4.02. The third-order valence-corrected chi connectivity index (χ3v) is 2.93. The van der Waals surface area contributed by atoms with E-state index in [0.717, 1.165) is 0 Å². The molecule has 0 radical (unpaired) electrons. The van der Waals surface area contributed by atoms with Crippen LogP contribution in [-0.2, 0) is 0 Å². The van der Waals surface area contributed by atoms with E-state index in [4.69, 9.17) is 0 Å². The van der Waals surface area contributed by atoms with Gasteiger partial charge in [0.1, 0.15) is 12.1 Å². The highest BCUT2D eigenvalue weighted by atomic mass is 19.1. The van der Waals surface area contributed by atoms with Crippen LogP contribution in [-0.4, -0.2) is 29.5 Å². The van der Waals surface area contributed by atoms with Crippen LogP contribution >= 0.6 is 0 Å². The summed E-state index contributed by atoms with van der Waals surface area (Å²) in [4.78, 5) is 16.8. The van der Waals surface area contributed by atoms with Crippen LogP contribution in [0.1, 0.15) is 0 Å². The largest absolute Gasteiger partial charge is 0.247 e. The molecule has 0 unspecified atom stereocenters. The first kappa shape index (κ1) is 10.9. The van der Waals surface area contributed by atoms with Crippen LogP contribution in [0.15, 0.2) is 43.0 Å². The molecule has 3 aromatic heterocycles. The molecule has 0 N–H and O–H groups in total. The van der Waals surface area contributed by atoms with Gasteiger partial charge in [-0.1, -0.05) is 12.1 Å². The van der Waals surface area contributed by atoms with E-state index in [0.29, 0.717) is 28.2 Å². The van der Waals surface area contributed by atoms with Crippen molar-refractivity contribution >= 4 is 16.8 Å². The van der Waals surface area contributed by atoms with Crippen molar-refractivity contribution in [2.75, 3.05) is 0 Å². The molecule has 0 atom stereocenters. The van der Waals surface area contributed by atoms with Gasteiger partial charge in [-0.3, -0.25) is 0 Å². The fourth-order valence-electron chi connectivity index (χ4n) is 2.01. The van der Waals surface area contributed by atoms with Gasteiger partial charge in [0.05, 0.1) is 5.56 Å². The lowest BCUT2D eigenvalue weighted by Gasteiger charge is -1.95. The summed E-state index contributed by atoms with van der Waals surface area (Å²) in [5, 5.41) is 4.23. The van der Waals surface area contributed by atoms with Gasteiger partial charge in [-0.2, -0.15) is 4.52 Å². The highest BCUT2D eigenvalue weighted by Gasteiger charge is 2.13. The van der Waals surface area contributed by atoms with E-state index in [-0.39, 0.29) is 5.82 Å². The predicted molar refractivity (Wildman–Crippen MR) is 69.3 cm³/mol. The zero-order valence-corrected chi connectivity index (χ0v) is 10.1. The van der Waals surface area contributed by atoms with E-state index < -0.39 is 0 Å². The Balaban J connectivity index is 2.04. The maximum atomic E-state index is 13.8. The Bertz CT molecular complexity index is 932. The first-order valence-electron chi connectivity index (χ1n) is 5.90. The Morgan fingerprint density at radius 2 is 1.85 bits per heavy atom. The lowest BCUT2D eigenvalue weighted by atomic mass is 10.2. The molecule has 1 aromatic carbocycles. The van der Waals surface area contributed by atoms with Crippen molar-refractivity contribution in [3.05, 3.63) is 48.8 Å². The minimum Gasteiger partial charge on any atom is -0.247 e. The Morgan fingerprint density at radius 3 is 2.75 bits per heavy atom. The summed E-state index contributed by atoms with van der Waals surface area (Å²) in [5.74, 6) is -0.0743. The van der Waals surface area contributed by atoms with Gasteiger partial charge in [-0.05, 0) is 12.1 Å². The Labute approximate surface area is 112 Å². The van der Waals surface area contributed by atoms with Crippen LogP contribution < -0.4 is 0 Å². The number of rotatable bonds is 1. The van der Waals surface area contributed by atoms with Crippen molar-refractivity contribution in [1.82, 2.24) is 29.5 Å². The zero-order valence-electron chi connectivity index (χ0n) is 10.1. The van der Waals surface area contributed by atoms with Crippen molar-refractivity contribution in [3.8, 4) is 11.4 Å². The summed E-state index contributed by atoms with van der Waals surface area (Å²) in [6.07, 6.45) is 4.60. The molecule has 0 fully saturated rings. The van der Waals surface area contributed by atoms with Crippen molar-refractivity contribution in [3.63, 3.8) is 0 Å². The average molecular weight is 266 g/mol. The fraction of sp³-hybridized carbons (Fsp3) is 0. The molecule has 4 rings (SSSR count). The molecule has 0 spiro atoms. The fourth-order valence-corrected chi connectivity index (χ4v) is 2.01. The number of hydrogen-bond donors (Lipinski definition) is 0. The van der Waals surface area contributed by atoms with Crippen LogP contribution in [0.2, 0.25) is 0 Å². The number of halogens is 1. The minimum atomic E-state index is -0.369. The highest BCUT2D eigenvalue weighted by molar-refractivity contribution is 5.84. The van der Waals surface area contributed by atoms with Gasteiger partial charge >= 0.3 is 0 Å². The van der Waals surface area contributed by atoms with E-state index >= 15 is 0 Å². The van der Waals surface area contributed by atoms with Gasteiger partial charge in [0, 0.05) is 12.4 Å². The van der Waals surface area contributed by atoms with Crippen molar-refractivity contribution in [2.45, 2.75) is 0 Å². The summed E-state index contributed by atoms with van der Waals surface area (Å²) in [6.45, 7) is 0. The molecule has 96 valence electrons. The first-order valence-corrected chi connectivity index (χ1v) is 5.90. The number of fused-ring (bicyclic) bond motifs is 3. The van der Waals surface area contributed by atoms with Crippen LogP contribution in [0, 0.1) is 5.82 Å². The Hall–Kier alpha value is -2.96. The van der Waals surface area contributed by atoms with Gasteiger partial charge in [0.15, 0.2) is 22.6 Å². The zero-order chi connectivity index (χ0) is 13.5. The SMILES string of the molecule is Fc1ccccc1-c1nc2c3nccnc3ncn2n1. The smallest absolute Gasteiger partial charge is 0.187 e. The van der Waals surface area contributed by atoms with Gasteiger partial charge in [0.25, 0.3) is 0 Å². The molecule has 6 nitrogen and oxygen atoms in total. The molecule has 20 heavy (non-hydrogen) atoms. The van der Waals surface area contributed by atoms with E-state index in [2.05, 4.69) is 25.0 Å². The molecule has 0 amide bonds. The summed E-state index contributed by atoms with van der Waals surface area (Å²) in [7, 11) is 0. The molecule has 0 aliphatic rings. The lowest BCUT2D eigenvalue weighted by Crippen LogP contribution is -1.94. The number of hydrogen-bond acceptors (Lipinski definition) is 5. The van der Waals surface area contributed by atoms with Crippen LogP contribution in [0.25, 0.3) is 28.2 Å². The molecular formula is C13H7FN6. The molecule has 7 heteroatoms. The van der Waals surface area contributed by atoms with E-state index in [1.54, 1.807) is 30.6 Å². The lowest BCUT2D eigenvalue weighted by molar-refractivity contribution is 0.630. The number of benzene rings is 1. The quantitative estimate of drug-likeness (QED) is 0.526. The van der Waals surface area contributed by atoms with Gasteiger partial charge in [-0.25, -0.2) is 24.3 Å². The maximum Gasteiger partial charge on any atom is 0.187 e. The number of nitrogens with zero attached hydrogens (tertiary/aromatic N) is 6. The first-order chi connectivity index (χ1) is 9.83. The van der Waals surface area contributed by atoms with Gasteiger partial charge in [-0.15, -0.1) is 5.10 Å². The van der Waals surface area contributed by atoms with Crippen LogP contribution in [0.4, 0.5) is 4.39 Å². The normalized spacial score (nSPS) is 11.2. The molecule has 3 heterocycles. The Kier molecular flexibility index (Phi) is 2.19. The summed E-state index contributed by atoms with van der Waals surface area (Å²) < 4.78 is 15.3. The van der Waals surface area contributed by atoms with E-state index in [1.807, 2.05) is 0 Å². The standard InChI is InChI=1S/C13H7FN6/c14-9-4-2-1-3-8(9)11-18-13-10-12(16-6-5-15-10)17-7-20(13)19-11/h1-7H. The molecule has 4 aromatic rings. The minimum absolute atomic E-state index is 0.294. The molecule has 0 aliphatic carbocycles. The number of aromatic nitrogens is 6. The maximum absolute atomic E-state index is 13.8. The molecule has 0 aliphatic heterocycles. The third kappa shape index (κ3) is 1.53. The highest BCUT2D eigenvalue weighted by Crippen LogP contribution is 2.21. The van der Waals surface area contributed by atoms with Gasteiger partial charge < -0.3 is 0 Å². The topological polar surface area (TPSA) is 68.9 Å². The molecule has 0 saturated carbocycles. The summed E-state index contributed by atoms with van der Waals surface area (Å²) in [5.41, 5.74) is 1.85. The van der Waals surface area contributed by atoms with Crippen molar-refractivity contribution in [1.29, 1.82) is 0 Å². The average Bonchev–Trinajstić information content (AvgIpc) is 2.92. The van der Waals surface area contributed by atoms with Crippen LogP contribution in [0.5, 0.6) is 0 Å². The molecular weight excluding hydrogens is 259 g/mol. The van der Waals surface area contributed by atoms with Crippen LogP contribution in [0.3, 0.4) is 0 Å². The Morgan fingerprint density at radius 1 is 1.00 bits per heavy atom.